The molecule has 0 saturated carbocycles. The van der Waals surface area contributed by atoms with Crippen LogP contribution in [0.5, 0.6) is 0 Å². The molecule has 2 aromatic rings. The van der Waals surface area contributed by atoms with Gasteiger partial charge < -0.3 is 15.4 Å². The van der Waals surface area contributed by atoms with Crippen molar-refractivity contribution in [3.05, 3.63) is 41.3 Å². The van der Waals surface area contributed by atoms with Gasteiger partial charge in [-0.2, -0.15) is 5.10 Å². The molecule has 2 rings (SSSR count). The van der Waals surface area contributed by atoms with Crippen molar-refractivity contribution in [3.63, 3.8) is 0 Å². The highest BCUT2D eigenvalue weighted by Crippen LogP contribution is 2.10. The van der Waals surface area contributed by atoms with Crippen LogP contribution in [0, 0.1) is 13.8 Å². The monoisotopic (exact) mass is 458 g/mol. The molecular formula is C17H27IN6O. The van der Waals surface area contributed by atoms with E-state index in [0.29, 0.717) is 6.54 Å². The first kappa shape index (κ1) is 21.4. The minimum Gasteiger partial charge on any atom is -0.385 e. The summed E-state index contributed by atoms with van der Waals surface area (Å²) in [4.78, 5) is 8.70. The third-order valence-corrected chi connectivity index (χ3v) is 3.54. The molecule has 0 fully saturated rings. The number of guanidine groups is 1. The fourth-order valence-electron chi connectivity index (χ4n) is 2.34. The second kappa shape index (κ2) is 11.0. The lowest BCUT2D eigenvalue weighted by atomic mass is 10.3. The average molecular weight is 458 g/mol. The number of ether oxygens (including phenoxy) is 1. The predicted molar refractivity (Wildman–Crippen MR) is 111 cm³/mol. The van der Waals surface area contributed by atoms with Crippen LogP contribution >= 0.6 is 24.0 Å². The maximum Gasteiger partial charge on any atom is 0.191 e. The maximum absolute atomic E-state index is 5.03. The first-order valence-corrected chi connectivity index (χ1v) is 8.06. The minimum absolute atomic E-state index is 0. The molecule has 0 radical (unpaired) electrons. The van der Waals surface area contributed by atoms with Crippen molar-refractivity contribution in [1.82, 2.24) is 25.4 Å². The lowest BCUT2D eigenvalue weighted by Gasteiger charge is -2.12. The molecule has 0 spiro atoms. The van der Waals surface area contributed by atoms with Crippen molar-refractivity contribution in [1.29, 1.82) is 0 Å². The molecule has 0 saturated heterocycles. The topological polar surface area (TPSA) is 76.4 Å². The first-order valence-electron chi connectivity index (χ1n) is 8.06. The van der Waals surface area contributed by atoms with E-state index < -0.39 is 0 Å². The quantitative estimate of drug-likeness (QED) is 0.288. The molecule has 0 aliphatic carbocycles. The van der Waals surface area contributed by atoms with E-state index in [1.165, 1.54) is 0 Å². The number of nitrogens with zero attached hydrogens (tertiary/aromatic N) is 4. The molecule has 2 aromatic heterocycles. The van der Waals surface area contributed by atoms with Crippen LogP contribution < -0.4 is 10.6 Å². The van der Waals surface area contributed by atoms with Crippen LogP contribution in [0.2, 0.25) is 0 Å². The number of aliphatic imine (C=N–C) groups is 1. The minimum atomic E-state index is 0. The van der Waals surface area contributed by atoms with Gasteiger partial charge in [-0.15, -0.1) is 24.0 Å². The standard InChI is InChI=1S/C17H26N6O.HI/c1-13-10-14(2)23(22-13)16-7-6-15(11-20-16)12-21-17(18-3)19-8-5-9-24-4;/h6-7,10-11H,5,8-9,12H2,1-4H3,(H2,18,19,21);1H. The predicted octanol–water partition coefficient (Wildman–Crippen LogP) is 2.20. The average Bonchev–Trinajstić information content (AvgIpc) is 2.93. The number of aromatic nitrogens is 3. The molecule has 0 atom stereocenters. The number of halogens is 1. The molecular weight excluding hydrogens is 431 g/mol. The third kappa shape index (κ3) is 6.62. The molecule has 0 aliphatic heterocycles. The van der Waals surface area contributed by atoms with Crippen LogP contribution in [0.3, 0.4) is 0 Å². The summed E-state index contributed by atoms with van der Waals surface area (Å²) in [5, 5.41) is 11.0. The molecule has 0 amide bonds. The Morgan fingerprint density at radius 3 is 2.64 bits per heavy atom. The number of aryl methyl sites for hydroxylation is 2. The Morgan fingerprint density at radius 1 is 1.28 bits per heavy atom. The summed E-state index contributed by atoms with van der Waals surface area (Å²) in [5.41, 5.74) is 3.15. The Bertz CT molecular complexity index is 668. The molecule has 0 aliphatic rings. The van der Waals surface area contributed by atoms with Gasteiger partial charge in [0.2, 0.25) is 0 Å². The summed E-state index contributed by atoms with van der Waals surface area (Å²) >= 11 is 0. The van der Waals surface area contributed by atoms with Gasteiger partial charge in [0.1, 0.15) is 0 Å². The lowest BCUT2D eigenvalue weighted by Crippen LogP contribution is -2.37. The number of pyridine rings is 1. The van der Waals surface area contributed by atoms with Crippen LogP contribution in [0.4, 0.5) is 0 Å². The second-order valence-electron chi connectivity index (χ2n) is 5.56. The largest absolute Gasteiger partial charge is 0.385 e. The maximum atomic E-state index is 5.03. The van der Waals surface area contributed by atoms with Gasteiger partial charge in [0, 0.05) is 45.7 Å². The van der Waals surface area contributed by atoms with Gasteiger partial charge in [-0.05, 0) is 38.0 Å². The Hall–Kier alpha value is -1.68. The number of nitrogens with one attached hydrogen (secondary N) is 2. The smallest absolute Gasteiger partial charge is 0.191 e. The second-order valence-corrected chi connectivity index (χ2v) is 5.56. The number of methoxy groups -OCH3 is 1. The highest BCUT2D eigenvalue weighted by atomic mass is 127. The summed E-state index contributed by atoms with van der Waals surface area (Å²) in [6.07, 6.45) is 2.80. The van der Waals surface area contributed by atoms with Crippen LogP contribution in [-0.4, -0.2) is 48.0 Å². The Labute approximate surface area is 166 Å². The van der Waals surface area contributed by atoms with Crippen molar-refractivity contribution < 1.29 is 4.74 Å². The Morgan fingerprint density at radius 2 is 2.08 bits per heavy atom. The molecule has 0 unspecified atom stereocenters. The summed E-state index contributed by atoms with van der Waals surface area (Å²) < 4.78 is 6.88. The fourth-order valence-corrected chi connectivity index (χ4v) is 2.34. The van der Waals surface area contributed by atoms with Gasteiger partial charge in [0.15, 0.2) is 11.8 Å². The number of hydrogen-bond acceptors (Lipinski definition) is 4. The van der Waals surface area contributed by atoms with E-state index in [0.717, 1.165) is 48.3 Å². The number of rotatable bonds is 7. The zero-order chi connectivity index (χ0) is 17.4. The van der Waals surface area contributed by atoms with Gasteiger partial charge in [0.25, 0.3) is 0 Å². The fraction of sp³-hybridized carbons (Fsp3) is 0.471. The van der Waals surface area contributed by atoms with E-state index in [1.807, 2.05) is 42.9 Å². The molecule has 8 heteroatoms. The van der Waals surface area contributed by atoms with Crippen LogP contribution in [0.25, 0.3) is 5.82 Å². The van der Waals surface area contributed by atoms with Crippen LogP contribution in [0.1, 0.15) is 23.4 Å². The summed E-state index contributed by atoms with van der Waals surface area (Å²) in [5.74, 6) is 1.60. The molecule has 0 bridgehead atoms. The van der Waals surface area contributed by atoms with E-state index in [-0.39, 0.29) is 24.0 Å². The Kier molecular flexibility index (Phi) is 9.43. The van der Waals surface area contributed by atoms with Crippen molar-refractivity contribution >= 4 is 29.9 Å². The highest BCUT2D eigenvalue weighted by molar-refractivity contribution is 14.0. The first-order chi connectivity index (χ1) is 11.6. The van der Waals surface area contributed by atoms with E-state index in [4.69, 9.17) is 4.74 Å². The SMILES string of the molecule is CN=C(NCCCOC)NCc1ccc(-n2nc(C)cc2C)nc1.I. The third-order valence-electron chi connectivity index (χ3n) is 3.54. The molecule has 25 heavy (non-hydrogen) atoms. The normalized spacial score (nSPS) is 11.1. The molecule has 7 nitrogen and oxygen atoms in total. The van der Waals surface area contributed by atoms with E-state index in [1.54, 1.807) is 14.2 Å². The van der Waals surface area contributed by atoms with Gasteiger partial charge in [-0.3, -0.25) is 4.99 Å². The van der Waals surface area contributed by atoms with E-state index in [2.05, 4.69) is 25.7 Å². The Balaban J connectivity index is 0.00000312. The van der Waals surface area contributed by atoms with Crippen molar-refractivity contribution in [2.75, 3.05) is 27.3 Å². The van der Waals surface area contributed by atoms with Gasteiger partial charge >= 0.3 is 0 Å². The van der Waals surface area contributed by atoms with Gasteiger partial charge in [-0.1, -0.05) is 6.07 Å². The van der Waals surface area contributed by atoms with E-state index >= 15 is 0 Å². The van der Waals surface area contributed by atoms with Crippen LogP contribution in [-0.2, 0) is 11.3 Å². The van der Waals surface area contributed by atoms with Crippen molar-refractivity contribution in [2.45, 2.75) is 26.8 Å². The number of hydrogen-bond donors (Lipinski definition) is 2. The summed E-state index contributed by atoms with van der Waals surface area (Å²) in [6.45, 7) is 6.22. The van der Waals surface area contributed by atoms with Crippen LogP contribution in [0.15, 0.2) is 29.4 Å². The van der Waals surface area contributed by atoms with Crippen molar-refractivity contribution in [3.8, 4) is 5.82 Å². The zero-order valence-electron chi connectivity index (χ0n) is 15.2. The van der Waals surface area contributed by atoms with Crippen molar-refractivity contribution in [2.24, 2.45) is 4.99 Å². The molecule has 0 aromatic carbocycles. The summed E-state index contributed by atoms with van der Waals surface area (Å²) in [6, 6.07) is 6.06. The van der Waals surface area contributed by atoms with Gasteiger partial charge in [0.05, 0.1) is 5.69 Å². The molecule has 2 N–H and O–H groups in total. The zero-order valence-corrected chi connectivity index (χ0v) is 17.6. The lowest BCUT2D eigenvalue weighted by molar-refractivity contribution is 0.195. The highest BCUT2D eigenvalue weighted by Gasteiger charge is 2.05. The summed E-state index contributed by atoms with van der Waals surface area (Å²) in [7, 11) is 3.46. The van der Waals surface area contributed by atoms with Gasteiger partial charge in [-0.25, -0.2) is 9.67 Å². The molecule has 138 valence electrons. The van der Waals surface area contributed by atoms with E-state index in [9.17, 15) is 0 Å². The molecule has 2 heterocycles.